The Bertz CT molecular complexity index is 495. The summed E-state index contributed by atoms with van der Waals surface area (Å²) in [6, 6.07) is 2.82. The third-order valence-electron chi connectivity index (χ3n) is 3.62. The number of carboxylic acids is 1. The van der Waals surface area contributed by atoms with Gasteiger partial charge in [0.05, 0.1) is 5.56 Å². The van der Waals surface area contributed by atoms with Crippen LogP contribution in [0.2, 0.25) is 0 Å². The quantitative estimate of drug-likeness (QED) is 0.824. The molecule has 21 heavy (non-hydrogen) atoms. The fourth-order valence-electron chi connectivity index (χ4n) is 2.48. The Labute approximate surface area is 124 Å². The molecule has 1 atom stereocenters. The van der Waals surface area contributed by atoms with E-state index in [4.69, 9.17) is 5.11 Å². The van der Waals surface area contributed by atoms with Gasteiger partial charge in [0, 0.05) is 19.3 Å². The summed E-state index contributed by atoms with van der Waals surface area (Å²) in [4.78, 5) is 28.9. The molecule has 0 spiro atoms. The molecule has 1 saturated heterocycles. The third kappa shape index (κ3) is 4.53. The predicted molar refractivity (Wildman–Crippen MR) is 78.4 cm³/mol. The van der Waals surface area contributed by atoms with Crippen molar-refractivity contribution < 1.29 is 14.7 Å². The lowest BCUT2D eigenvalue weighted by molar-refractivity contribution is 0.0695. The van der Waals surface area contributed by atoms with Crippen LogP contribution in [0.1, 0.15) is 40.6 Å². The summed E-state index contributed by atoms with van der Waals surface area (Å²) in [6.45, 7) is 6.00. The van der Waals surface area contributed by atoms with E-state index in [-0.39, 0.29) is 17.2 Å². The molecule has 6 heteroatoms. The van der Waals surface area contributed by atoms with Gasteiger partial charge in [0.2, 0.25) is 0 Å². The summed E-state index contributed by atoms with van der Waals surface area (Å²) in [5.74, 6) is -0.931. The number of amides is 1. The Morgan fingerprint density at radius 2 is 2.10 bits per heavy atom. The molecule has 0 radical (unpaired) electrons. The molecule has 1 fully saturated rings. The van der Waals surface area contributed by atoms with E-state index in [0.717, 1.165) is 19.6 Å². The van der Waals surface area contributed by atoms with Crippen molar-refractivity contribution in [1.29, 1.82) is 0 Å². The molecule has 1 amide bonds. The normalized spacial score (nSPS) is 16.6. The molecule has 2 heterocycles. The largest absolute Gasteiger partial charge is 0.478 e. The van der Waals surface area contributed by atoms with Gasteiger partial charge in [0.15, 0.2) is 0 Å². The van der Waals surface area contributed by atoms with Crippen molar-refractivity contribution in [2.24, 2.45) is 5.92 Å². The van der Waals surface area contributed by atoms with Gasteiger partial charge in [-0.1, -0.05) is 6.92 Å². The lowest BCUT2D eigenvalue weighted by atomic mass is 10.1. The first-order chi connectivity index (χ1) is 10.1. The van der Waals surface area contributed by atoms with E-state index in [1.54, 1.807) is 0 Å². The molecular formula is C15H21N3O3. The van der Waals surface area contributed by atoms with Crippen molar-refractivity contribution in [2.45, 2.75) is 19.8 Å². The molecular weight excluding hydrogens is 270 g/mol. The Kier molecular flexibility index (Phi) is 5.27. The van der Waals surface area contributed by atoms with Crippen LogP contribution >= 0.6 is 0 Å². The highest BCUT2D eigenvalue weighted by Gasteiger charge is 2.16. The Balaban J connectivity index is 1.79. The van der Waals surface area contributed by atoms with Crippen LogP contribution < -0.4 is 5.32 Å². The molecule has 0 aliphatic carbocycles. The molecule has 1 aromatic rings. The van der Waals surface area contributed by atoms with E-state index < -0.39 is 5.97 Å². The van der Waals surface area contributed by atoms with Gasteiger partial charge in [0.1, 0.15) is 5.69 Å². The first-order valence-corrected chi connectivity index (χ1v) is 7.26. The number of aromatic nitrogens is 1. The molecule has 0 bridgehead atoms. The fourth-order valence-corrected chi connectivity index (χ4v) is 2.48. The van der Waals surface area contributed by atoms with Crippen LogP contribution in [0, 0.1) is 5.92 Å². The monoisotopic (exact) mass is 291 g/mol. The maximum atomic E-state index is 11.9. The third-order valence-corrected chi connectivity index (χ3v) is 3.62. The number of aromatic carboxylic acids is 1. The minimum atomic E-state index is -1.05. The van der Waals surface area contributed by atoms with E-state index >= 15 is 0 Å². The second-order valence-corrected chi connectivity index (χ2v) is 5.56. The number of carboxylic acid groups (broad SMARTS) is 1. The van der Waals surface area contributed by atoms with Crippen LogP contribution in [0.15, 0.2) is 18.3 Å². The van der Waals surface area contributed by atoms with Crippen molar-refractivity contribution in [3.8, 4) is 0 Å². The highest BCUT2D eigenvalue weighted by Crippen LogP contribution is 2.09. The maximum Gasteiger partial charge on any atom is 0.337 e. The first kappa shape index (κ1) is 15.4. The van der Waals surface area contributed by atoms with Gasteiger partial charge >= 0.3 is 5.97 Å². The number of nitrogens with zero attached hydrogens (tertiary/aromatic N) is 2. The second-order valence-electron chi connectivity index (χ2n) is 5.56. The molecule has 1 aliphatic rings. The summed E-state index contributed by atoms with van der Waals surface area (Å²) in [5, 5.41) is 11.6. The molecule has 1 unspecified atom stereocenters. The molecule has 6 nitrogen and oxygen atoms in total. The van der Waals surface area contributed by atoms with E-state index in [0.29, 0.717) is 12.5 Å². The molecule has 1 aromatic heterocycles. The summed E-state index contributed by atoms with van der Waals surface area (Å²) in [7, 11) is 0. The van der Waals surface area contributed by atoms with Gasteiger partial charge in [-0.15, -0.1) is 0 Å². The molecule has 0 aromatic carbocycles. The molecule has 0 saturated carbocycles. The highest BCUT2D eigenvalue weighted by molar-refractivity contribution is 5.93. The van der Waals surface area contributed by atoms with Gasteiger partial charge in [-0.2, -0.15) is 0 Å². The van der Waals surface area contributed by atoms with Crippen LogP contribution in [0.5, 0.6) is 0 Å². The zero-order chi connectivity index (χ0) is 15.2. The maximum absolute atomic E-state index is 11.9. The van der Waals surface area contributed by atoms with Crippen LogP contribution in [0.25, 0.3) is 0 Å². The smallest absolute Gasteiger partial charge is 0.337 e. The molecule has 114 valence electrons. The highest BCUT2D eigenvalue weighted by atomic mass is 16.4. The van der Waals surface area contributed by atoms with E-state index in [1.807, 2.05) is 0 Å². The Morgan fingerprint density at radius 3 is 2.67 bits per heavy atom. The zero-order valence-electron chi connectivity index (χ0n) is 12.2. The average Bonchev–Trinajstić information content (AvgIpc) is 2.97. The van der Waals surface area contributed by atoms with Crippen molar-refractivity contribution in [1.82, 2.24) is 15.2 Å². The SMILES string of the molecule is CC(CNC(=O)c1ccc(C(=O)O)cn1)CN1CCCC1. The summed E-state index contributed by atoms with van der Waals surface area (Å²) >= 11 is 0. The molecule has 1 aliphatic heterocycles. The van der Waals surface area contributed by atoms with Gasteiger partial charge in [-0.25, -0.2) is 4.79 Å². The number of hydrogen-bond donors (Lipinski definition) is 2. The number of carbonyl (C=O) groups is 2. The summed E-state index contributed by atoms with van der Waals surface area (Å²) < 4.78 is 0. The van der Waals surface area contributed by atoms with Gasteiger partial charge in [-0.3, -0.25) is 9.78 Å². The number of rotatable bonds is 6. The van der Waals surface area contributed by atoms with E-state index in [1.165, 1.54) is 31.2 Å². The number of carbonyl (C=O) groups excluding carboxylic acids is 1. The summed E-state index contributed by atoms with van der Waals surface area (Å²) in [6.07, 6.45) is 3.72. The zero-order valence-corrected chi connectivity index (χ0v) is 12.2. The van der Waals surface area contributed by atoms with E-state index in [2.05, 4.69) is 22.1 Å². The minimum absolute atomic E-state index is 0.0777. The predicted octanol–water partition coefficient (Wildman–Crippen LogP) is 1.24. The lowest BCUT2D eigenvalue weighted by Crippen LogP contribution is -2.34. The van der Waals surface area contributed by atoms with Crippen LogP contribution in [-0.4, -0.2) is 53.0 Å². The first-order valence-electron chi connectivity index (χ1n) is 7.26. The van der Waals surface area contributed by atoms with Crippen molar-refractivity contribution in [2.75, 3.05) is 26.2 Å². The van der Waals surface area contributed by atoms with Gasteiger partial charge in [-0.05, 0) is 44.0 Å². The molecule has 2 N–H and O–H groups in total. The second kappa shape index (κ2) is 7.17. The minimum Gasteiger partial charge on any atom is -0.478 e. The fraction of sp³-hybridized carbons (Fsp3) is 0.533. The van der Waals surface area contributed by atoms with Crippen molar-refractivity contribution >= 4 is 11.9 Å². The van der Waals surface area contributed by atoms with Crippen LogP contribution in [0.4, 0.5) is 0 Å². The van der Waals surface area contributed by atoms with Gasteiger partial charge in [0.25, 0.3) is 5.91 Å². The number of nitrogens with one attached hydrogen (secondary N) is 1. The lowest BCUT2D eigenvalue weighted by Gasteiger charge is -2.20. The van der Waals surface area contributed by atoms with Gasteiger partial charge < -0.3 is 15.3 Å². The average molecular weight is 291 g/mol. The number of pyridine rings is 1. The number of likely N-dealkylation sites (tertiary alicyclic amines) is 1. The van der Waals surface area contributed by atoms with Crippen molar-refractivity contribution in [3.05, 3.63) is 29.6 Å². The standard InChI is InChI=1S/C15H21N3O3/c1-11(10-18-6-2-3-7-18)8-17-14(19)13-5-4-12(9-16-13)15(20)21/h4-5,9,11H,2-3,6-8,10H2,1H3,(H,17,19)(H,20,21). The topological polar surface area (TPSA) is 82.5 Å². The van der Waals surface area contributed by atoms with Crippen LogP contribution in [-0.2, 0) is 0 Å². The summed E-state index contributed by atoms with van der Waals surface area (Å²) in [5.41, 5.74) is 0.322. The van der Waals surface area contributed by atoms with Crippen LogP contribution in [0.3, 0.4) is 0 Å². The number of hydrogen-bond acceptors (Lipinski definition) is 4. The Hall–Kier alpha value is -1.95. The van der Waals surface area contributed by atoms with E-state index in [9.17, 15) is 9.59 Å². The molecule has 2 rings (SSSR count). The van der Waals surface area contributed by atoms with Crippen molar-refractivity contribution in [3.63, 3.8) is 0 Å². The Morgan fingerprint density at radius 1 is 1.38 bits per heavy atom.